The van der Waals surface area contributed by atoms with Crippen LogP contribution in [-0.4, -0.2) is 35.6 Å². The number of anilines is 2. The van der Waals surface area contributed by atoms with Crippen LogP contribution in [-0.2, 0) is 7.05 Å². The summed E-state index contributed by atoms with van der Waals surface area (Å²) in [6.45, 7) is 1.86. The van der Waals surface area contributed by atoms with Crippen molar-refractivity contribution < 1.29 is 19.1 Å². The summed E-state index contributed by atoms with van der Waals surface area (Å²) in [6.07, 6.45) is 3.03. The van der Waals surface area contributed by atoms with E-state index >= 15 is 0 Å². The summed E-state index contributed by atoms with van der Waals surface area (Å²) in [5.41, 5.74) is 2.78. The Morgan fingerprint density at radius 3 is 2.38 bits per heavy atom. The molecule has 1 aromatic heterocycles. The number of aryl methyl sites for hydroxylation is 2. The van der Waals surface area contributed by atoms with Crippen LogP contribution < -0.4 is 20.1 Å². The maximum absolute atomic E-state index is 12.7. The molecule has 0 unspecified atom stereocenters. The van der Waals surface area contributed by atoms with Crippen molar-refractivity contribution >= 4 is 23.2 Å². The van der Waals surface area contributed by atoms with Gasteiger partial charge in [-0.05, 0) is 36.8 Å². The van der Waals surface area contributed by atoms with Crippen molar-refractivity contribution in [1.29, 1.82) is 0 Å². The topological polar surface area (TPSA) is 94.5 Å². The second-order valence-corrected chi connectivity index (χ2v) is 6.40. The van der Waals surface area contributed by atoms with Gasteiger partial charge in [0.05, 0.1) is 26.7 Å². The van der Waals surface area contributed by atoms with Gasteiger partial charge in [-0.2, -0.15) is 0 Å². The fourth-order valence-corrected chi connectivity index (χ4v) is 2.78. The van der Waals surface area contributed by atoms with Crippen LogP contribution >= 0.6 is 0 Å². The number of nitrogens with zero attached hydrogens (tertiary/aromatic N) is 2. The Kier molecular flexibility index (Phi) is 5.82. The number of imidazole rings is 1. The number of amides is 2. The first kappa shape index (κ1) is 19.9. The first-order valence-electron chi connectivity index (χ1n) is 8.84. The van der Waals surface area contributed by atoms with E-state index in [0.29, 0.717) is 34.1 Å². The van der Waals surface area contributed by atoms with Crippen LogP contribution in [0.5, 0.6) is 11.5 Å². The van der Waals surface area contributed by atoms with Gasteiger partial charge in [0, 0.05) is 30.1 Å². The van der Waals surface area contributed by atoms with E-state index in [9.17, 15) is 9.59 Å². The summed E-state index contributed by atoms with van der Waals surface area (Å²) in [5, 5.41) is 5.65. The summed E-state index contributed by atoms with van der Waals surface area (Å²) in [5.74, 6) is 0.470. The SMILES string of the molecule is COc1ccc(NC(=O)c2ccc(C)c(NC(=O)c3cncn3C)c2)cc1OC. The molecule has 0 fully saturated rings. The molecule has 3 aromatic rings. The van der Waals surface area contributed by atoms with E-state index in [1.165, 1.54) is 13.3 Å². The van der Waals surface area contributed by atoms with Crippen molar-refractivity contribution in [2.24, 2.45) is 7.05 Å². The van der Waals surface area contributed by atoms with Crippen LogP contribution in [0.4, 0.5) is 11.4 Å². The van der Waals surface area contributed by atoms with Gasteiger partial charge in [-0.3, -0.25) is 9.59 Å². The van der Waals surface area contributed by atoms with Crippen molar-refractivity contribution in [2.45, 2.75) is 6.92 Å². The summed E-state index contributed by atoms with van der Waals surface area (Å²) in [7, 11) is 4.81. The summed E-state index contributed by atoms with van der Waals surface area (Å²) in [6, 6.07) is 10.2. The third kappa shape index (κ3) is 4.37. The Morgan fingerprint density at radius 2 is 1.72 bits per heavy atom. The third-order valence-corrected chi connectivity index (χ3v) is 4.44. The largest absolute Gasteiger partial charge is 0.493 e. The molecule has 1 heterocycles. The molecule has 0 aliphatic carbocycles. The molecule has 8 nitrogen and oxygen atoms in total. The van der Waals surface area contributed by atoms with E-state index in [0.717, 1.165) is 5.56 Å². The lowest BCUT2D eigenvalue weighted by molar-refractivity contribution is 0.101. The number of methoxy groups -OCH3 is 2. The lowest BCUT2D eigenvalue weighted by Gasteiger charge is -2.12. The predicted octanol–water partition coefficient (Wildman–Crippen LogP) is 3.25. The summed E-state index contributed by atoms with van der Waals surface area (Å²) >= 11 is 0. The number of carbonyl (C=O) groups excluding carboxylic acids is 2. The molecule has 8 heteroatoms. The van der Waals surface area contributed by atoms with Gasteiger partial charge in [0.2, 0.25) is 0 Å². The van der Waals surface area contributed by atoms with E-state index in [1.54, 1.807) is 61.5 Å². The van der Waals surface area contributed by atoms with Crippen LogP contribution in [0.1, 0.15) is 26.4 Å². The number of hydrogen-bond acceptors (Lipinski definition) is 5. The van der Waals surface area contributed by atoms with Crippen molar-refractivity contribution in [3.05, 3.63) is 65.7 Å². The molecule has 2 amide bonds. The molecule has 2 N–H and O–H groups in total. The van der Waals surface area contributed by atoms with Gasteiger partial charge in [-0.15, -0.1) is 0 Å². The molecular weight excluding hydrogens is 372 g/mol. The van der Waals surface area contributed by atoms with E-state index in [2.05, 4.69) is 15.6 Å². The maximum atomic E-state index is 12.7. The first-order valence-corrected chi connectivity index (χ1v) is 8.84. The second-order valence-electron chi connectivity index (χ2n) is 6.40. The predicted molar refractivity (Wildman–Crippen MR) is 110 cm³/mol. The Morgan fingerprint density at radius 1 is 0.966 bits per heavy atom. The van der Waals surface area contributed by atoms with Crippen molar-refractivity contribution in [3.8, 4) is 11.5 Å². The molecule has 3 rings (SSSR count). The van der Waals surface area contributed by atoms with E-state index in [-0.39, 0.29) is 11.8 Å². The number of benzene rings is 2. The van der Waals surface area contributed by atoms with Gasteiger partial charge in [0.1, 0.15) is 5.69 Å². The molecule has 150 valence electrons. The number of ether oxygens (including phenoxy) is 2. The van der Waals surface area contributed by atoms with Crippen molar-refractivity contribution in [2.75, 3.05) is 24.9 Å². The minimum absolute atomic E-state index is 0.300. The quantitative estimate of drug-likeness (QED) is 0.669. The normalized spacial score (nSPS) is 10.3. The third-order valence-electron chi connectivity index (χ3n) is 4.44. The van der Waals surface area contributed by atoms with Gasteiger partial charge in [-0.25, -0.2) is 4.98 Å². The molecule has 0 aliphatic heterocycles. The molecule has 0 aliphatic rings. The fourth-order valence-electron chi connectivity index (χ4n) is 2.78. The van der Waals surface area contributed by atoms with Gasteiger partial charge in [0.25, 0.3) is 11.8 Å². The van der Waals surface area contributed by atoms with Crippen molar-refractivity contribution in [1.82, 2.24) is 9.55 Å². The first-order chi connectivity index (χ1) is 13.9. The summed E-state index contributed by atoms with van der Waals surface area (Å²) in [4.78, 5) is 29.1. The lowest BCUT2D eigenvalue weighted by Crippen LogP contribution is -2.17. The van der Waals surface area contributed by atoms with Crippen molar-refractivity contribution in [3.63, 3.8) is 0 Å². The molecule has 0 radical (unpaired) electrons. The number of nitrogens with one attached hydrogen (secondary N) is 2. The highest BCUT2D eigenvalue weighted by atomic mass is 16.5. The lowest BCUT2D eigenvalue weighted by atomic mass is 10.1. The van der Waals surface area contributed by atoms with Gasteiger partial charge >= 0.3 is 0 Å². The minimum atomic E-state index is -0.312. The highest BCUT2D eigenvalue weighted by Crippen LogP contribution is 2.30. The number of rotatable bonds is 6. The second kappa shape index (κ2) is 8.47. The fraction of sp³-hybridized carbons (Fsp3) is 0.190. The molecule has 0 saturated carbocycles. The number of carbonyl (C=O) groups is 2. The Hall–Kier alpha value is -3.81. The van der Waals surface area contributed by atoms with E-state index < -0.39 is 0 Å². The maximum Gasteiger partial charge on any atom is 0.273 e. The highest BCUT2D eigenvalue weighted by Gasteiger charge is 2.14. The standard InChI is InChI=1S/C21H22N4O4/c1-13-5-6-14(9-16(13)24-21(27)17-11-22-12-25(17)2)20(26)23-15-7-8-18(28-3)19(10-15)29-4/h5-12H,1-4H3,(H,23,26)(H,24,27). The summed E-state index contributed by atoms with van der Waals surface area (Å²) < 4.78 is 12.1. The highest BCUT2D eigenvalue weighted by molar-refractivity contribution is 6.07. The Bertz CT molecular complexity index is 1060. The number of hydrogen-bond donors (Lipinski definition) is 2. The smallest absolute Gasteiger partial charge is 0.273 e. The molecule has 0 atom stereocenters. The molecule has 0 spiro atoms. The Balaban J connectivity index is 1.79. The van der Waals surface area contributed by atoms with Crippen LogP contribution in [0.15, 0.2) is 48.9 Å². The van der Waals surface area contributed by atoms with Gasteiger partial charge in [-0.1, -0.05) is 6.07 Å². The molecule has 2 aromatic carbocycles. The van der Waals surface area contributed by atoms with E-state index in [4.69, 9.17) is 9.47 Å². The zero-order valence-corrected chi connectivity index (χ0v) is 16.6. The zero-order chi connectivity index (χ0) is 21.0. The molecular formula is C21H22N4O4. The molecule has 29 heavy (non-hydrogen) atoms. The molecule has 0 bridgehead atoms. The van der Waals surface area contributed by atoms with Crippen LogP contribution in [0.25, 0.3) is 0 Å². The van der Waals surface area contributed by atoms with Crippen LogP contribution in [0.2, 0.25) is 0 Å². The average Bonchev–Trinajstić information content (AvgIpc) is 3.15. The average molecular weight is 394 g/mol. The molecule has 0 saturated heterocycles. The van der Waals surface area contributed by atoms with Crippen LogP contribution in [0, 0.1) is 6.92 Å². The monoisotopic (exact) mass is 394 g/mol. The van der Waals surface area contributed by atoms with Gasteiger partial charge < -0.3 is 24.7 Å². The van der Waals surface area contributed by atoms with Crippen LogP contribution in [0.3, 0.4) is 0 Å². The zero-order valence-electron chi connectivity index (χ0n) is 16.6. The Labute approximate surface area is 168 Å². The number of aromatic nitrogens is 2. The van der Waals surface area contributed by atoms with E-state index in [1.807, 2.05) is 6.92 Å². The van der Waals surface area contributed by atoms with Gasteiger partial charge in [0.15, 0.2) is 11.5 Å². The minimum Gasteiger partial charge on any atom is -0.493 e.